The molecule has 2 aromatic rings. The van der Waals surface area contributed by atoms with Gasteiger partial charge in [0.25, 0.3) is 0 Å². The third-order valence-corrected chi connectivity index (χ3v) is 9.74. The molecule has 2 fully saturated rings. The molecule has 3 atom stereocenters. The number of carbonyl (C=O) groups excluding carboxylic acids is 1. The van der Waals surface area contributed by atoms with Crippen molar-refractivity contribution in [2.45, 2.75) is 38.8 Å². The summed E-state index contributed by atoms with van der Waals surface area (Å²) < 4.78 is 29.8. The Labute approximate surface area is 230 Å². The molecular formula is C29H30F2N6OS. The highest BCUT2D eigenvalue weighted by atomic mass is 32.2. The first-order valence-corrected chi connectivity index (χ1v) is 14.6. The SMILES string of the molecule is Cc1cc(CN(CC2=CN3CCSC4=C3C3(CC3C(F)=C4F)C2=O)[C@H]2CCCN(c3cnccn3)C2)ccn1. The van der Waals surface area contributed by atoms with Gasteiger partial charge in [-0.25, -0.2) is 13.8 Å². The summed E-state index contributed by atoms with van der Waals surface area (Å²) in [7, 11) is 0. The van der Waals surface area contributed by atoms with Gasteiger partial charge in [0.2, 0.25) is 0 Å². The number of aromatic nitrogens is 3. The van der Waals surface area contributed by atoms with E-state index in [4.69, 9.17) is 0 Å². The largest absolute Gasteiger partial charge is 0.354 e. The fourth-order valence-electron chi connectivity index (χ4n) is 6.79. The number of anilines is 1. The molecule has 1 saturated carbocycles. The summed E-state index contributed by atoms with van der Waals surface area (Å²) >= 11 is 1.33. The van der Waals surface area contributed by atoms with E-state index in [1.807, 2.05) is 30.3 Å². The van der Waals surface area contributed by atoms with Gasteiger partial charge in [-0.05, 0) is 43.9 Å². The molecule has 1 saturated heterocycles. The van der Waals surface area contributed by atoms with Crippen LogP contribution in [0, 0.1) is 18.3 Å². The number of hydrogen-bond acceptors (Lipinski definition) is 8. The lowest BCUT2D eigenvalue weighted by Gasteiger charge is -2.43. The number of ketones is 1. The highest BCUT2D eigenvalue weighted by molar-refractivity contribution is 8.03. The molecule has 1 spiro atoms. The summed E-state index contributed by atoms with van der Waals surface area (Å²) in [4.78, 5) is 34.2. The molecule has 5 heterocycles. The Kier molecular flexibility index (Phi) is 6.08. The van der Waals surface area contributed by atoms with Crippen molar-refractivity contribution in [3.8, 4) is 0 Å². The Bertz CT molecular complexity index is 1430. The Hall–Kier alpha value is -3.11. The fraction of sp³-hybridized carbons (Fsp3) is 0.448. The standard InChI is InChI=1S/C29H30F2N6OS/c1-18-11-19(4-5-33-18)14-37(21-3-2-8-35(17-21)23-13-32-6-7-34-23)16-20-15-36-9-10-39-26-25(31)24(30)22-12-29(22,27(26)36)28(20)38/h4-7,11,13,15,21-22H,2-3,8-10,12,14,16-17H2,1H3/t21-,22?,29?/m0/s1. The van der Waals surface area contributed by atoms with E-state index < -0.39 is 23.0 Å². The second-order valence-electron chi connectivity index (χ2n) is 11.1. The fourth-order valence-corrected chi connectivity index (χ4v) is 7.95. The van der Waals surface area contributed by atoms with Gasteiger partial charge in [0.15, 0.2) is 11.6 Å². The monoisotopic (exact) mass is 548 g/mol. The maximum absolute atomic E-state index is 15.0. The van der Waals surface area contributed by atoms with Crippen molar-refractivity contribution in [2.24, 2.45) is 11.3 Å². The zero-order valence-electron chi connectivity index (χ0n) is 21.8. The zero-order valence-corrected chi connectivity index (χ0v) is 22.6. The Morgan fingerprint density at radius 3 is 2.90 bits per heavy atom. The van der Waals surface area contributed by atoms with Crippen molar-refractivity contribution in [3.63, 3.8) is 0 Å². The minimum absolute atomic E-state index is 0.0427. The van der Waals surface area contributed by atoms with Gasteiger partial charge in [-0.1, -0.05) is 0 Å². The van der Waals surface area contributed by atoms with Crippen LogP contribution in [0.15, 0.2) is 70.9 Å². The Morgan fingerprint density at radius 2 is 2.08 bits per heavy atom. The van der Waals surface area contributed by atoms with Gasteiger partial charge < -0.3 is 9.80 Å². The topological polar surface area (TPSA) is 65.5 Å². The number of piperidine rings is 1. The van der Waals surface area contributed by atoms with Crippen LogP contribution in [0.3, 0.4) is 0 Å². The molecule has 2 aromatic heterocycles. The second kappa shape index (κ2) is 9.52. The van der Waals surface area contributed by atoms with Crippen molar-refractivity contribution in [3.05, 3.63) is 82.2 Å². The molecule has 0 amide bonds. The van der Waals surface area contributed by atoms with Gasteiger partial charge in [-0.15, -0.1) is 11.8 Å². The number of hydrogen-bond donors (Lipinski definition) is 0. The minimum atomic E-state index is -0.941. The smallest absolute Gasteiger partial charge is 0.174 e. The summed E-state index contributed by atoms with van der Waals surface area (Å²) in [5.74, 6) is -0.703. The van der Waals surface area contributed by atoms with Crippen LogP contribution in [-0.4, -0.2) is 68.5 Å². The van der Waals surface area contributed by atoms with Gasteiger partial charge in [0, 0.05) is 92.2 Å². The lowest BCUT2D eigenvalue weighted by molar-refractivity contribution is -0.121. The summed E-state index contributed by atoms with van der Waals surface area (Å²) in [5, 5.41) is 0. The average Bonchev–Trinajstić information content (AvgIpc) is 3.71. The van der Waals surface area contributed by atoms with Crippen LogP contribution in [0.2, 0.25) is 0 Å². The molecule has 5 aliphatic rings. The molecule has 39 heavy (non-hydrogen) atoms. The highest BCUT2D eigenvalue weighted by Gasteiger charge is 2.70. The van der Waals surface area contributed by atoms with Gasteiger partial charge >= 0.3 is 0 Å². The van der Waals surface area contributed by atoms with Crippen molar-refractivity contribution in [1.29, 1.82) is 0 Å². The first-order chi connectivity index (χ1) is 19.0. The number of aryl methyl sites for hydroxylation is 1. The van der Waals surface area contributed by atoms with Crippen LogP contribution in [-0.2, 0) is 11.3 Å². The van der Waals surface area contributed by atoms with Crippen LogP contribution < -0.4 is 4.90 Å². The lowest BCUT2D eigenvalue weighted by Crippen LogP contribution is -2.50. The van der Waals surface area contributed by atoms with Gasteiger partial charge in [0.1, 0.15) is 11.6 Å². The van der Waals surface area contributed by atoms with Crippen LogP contribution in [0.5, 0.6) is 0 Å². The molecule has 0 N–H and O–H groups in total. The van der Waals surface area contributed by atoms with Crippen molar-refractivity contribution in [1.82, 2.24) is 24.8 Å². The number of Topliss-reactive ketones (excluding diaryl/α,β-unsaturated/α-hetero) is 1. The third kappa shape index (κ3) is 4.10. The second-order valence-corrected chi connectivity index (χ2v) is 12.2. The summed E-state index contributed by atoms with van der Waals surface area (Å²) in [5.41, 5.74) is 2.52. The van der Waals surface area contributed by atoms with Crippen molar-refractivity contribution < 1.29 is 13.6 Å². The highest BCUT2D eigenvalue weighted by Crippen LogP contribution is 2.70. The van der Waals surface area contributed by atoms with Crippen LogP contribution >= 0.6 is 11.8 Å². The van der Waals surface area contributed by atoms with Crippen LogP contribution in [0.4, 0.5) is 14.6 Å². The van der Waals surface area contributed by atoms with Crippen LogP contribution in [0.1, 0.15) is 30.5 Å². The number of rotatable bonds is 6. The Morgan fingerprint density at radius 1 is 1.18 bits per heavy atom. The number of carbonyl (C=O) groups is 1. The maximum atomic E-state index is 15.0. The van der Waals surface area contributed by atoms with E-state index in [1.54, 1.807) is 18.6 Å². The first-order valence-electron chi connectivity index (χ1n) is 13.6. The van der Waals surface area contributed by atoms with E-state index >= 15 is 0 Å². The van der Waals surface area contributed by atoms with Crippen LogP contribution in [0.25, 0.3) is 0 Å². The van der Waals surface area contributed by atoms with Gasteiger partial charge in [-0.2, -0.15) is 0 Å². The van der Waals surface area contributed by atoms with E-state index in [0.717, 1.165) is 43.0 Å². The normalized spacial score (nSPS) is 28.0. The first kappa shape index (κ1) is 24.9. The Balaban J connectivity index is 1.22. The van der Waals surface area contributed by atoms with E-state index in [2.05, 4.69) is 30.8 Å². The average molecular weight is 549 g/mol. The molecule has 0 bridgehead atoms. The number of allylic oxidation sites excluding steroid dienone is 3. The van der Waals surface area contributed by atoms with E-state index in [1.165, 1.54) is 11.8 Å². The molecule has 3 aliphatic heterocycles. The molecule has 202 valence electrons. The number of pyridine rings is 1. The van der Waals surface area contributed by atoms with Gasteiger partial charge in [-0.3, -0.25) is 19.7 Å². The molecular weight excluding hydrogens is 518 g/mol. The van der Waals surface area contributed by atoms with Crippen molar-refractivity contribution in [2.75, 3.05) is 36.8 Å². The summed E-state index contributed by atoms with van der Waals surface area (Å²) in [6.07, 6.45) is 11.3. The molecule has 2 aliphatic carbocycles. The lowest BCUT2D eigenvalue weighted by atomic mass is 9.82. The van der Waals surface area contributed by atoms with Gasteiger partial charge in [0.05, 0.1) is 16.5 Å². The molecule has 2 unspecified atom stereocenters. The molecule has 10 heteroatoms. The number of halogens is 2. The number of nitrogens with zero attached hydrogens (tertiary/aromatic N) is 6. The van der Waals surface area contributed by atoms with E-state index in [-0.39, 0.29) is 11.8 Å². The zero-order chi connectivity index (χ0) is 26.7. The minimum Gasteiger partial charge on any atom is -0.354 e. The summed E-state index contributed by atoms with van der Waals surface area (Å²) in [6.45, 7) is 5.47. The number of thioether (sulfide) groups is 1. The maximum Gasteiger partial charge on any atom is 0.174 e. The molecule has 7 nitrogen and oxygen atoms in total. The predicted octanol–water partition coefficient (Wildman–Crippen LogP) is 4.55. The molecule has 0 radical (unpaired) electrons. The summed E-state index contributed by atoms with van der Waals surface area (Å²) in [6, 6.07) is 4.29. The van der Waals surface area contributed by atoms with E-state index in [0.29, 0.717) is 48.0 Å². The predicted molar refractivity (Wildman–Crippen MR) is 146 cm³/mol. The quantitative estimate of drug-likeness (QED) is 0.521. The third-order valence-electron chi connectivity index (χ3n) is 8.69. The molecule has 0 aromatic carbocycles. The molecule has 7 rings (SSSR count). The van der Waals surface area contributed by atoms with E-state index in [9.17, 15) is 13.6 Å². The van der Waals surface area contributed by atoms with Crippen molar-refractivity contribution >= 4 is 23.4 Å².